The molecule has 0 amide bonds. The van der Waals surface area contributed by atoms with Crippen LogP contribution in [0.5, 0.6) is 0 Å². The molecule has 5 heteroatoms. The Labute approximate surface area is 303 Å². The zero-order valence-corrected chi connectivity index (χ0v) is 28.5. The summed E-state index contributed by atoms with van der Waals surface area (Å²) in [6, 6.07) is 63.0. The van der Waals surface area contributed by atoms with E-state index in [4.69, 9.17) is 9.97 Å². The first kappa shape index (κ1) is 28.5. The maximum Gasteiger partial charge on any atom is 0.221 e. The fraction of sp³-hybridized carbons (Fsp3) is 0. The largest absolute Gasteiger partial charge is 0.309 e. The molecule has 53 heavy (non-hydrogen) atoms. The van der Waals surface area contributed by atoms with Crippen molar-refractivity contribution in [2.75, 3.05) is 0 Å². The maximum absolute atomic E-state index is 5.44. The highest BCUT2D eigenvalue weighted by molar-refractivity contribution is 6.24. The van der Waals surface area contributed by atoms with Crippen LogP contribution in [-0.2, 0) is 0 Å². The predicted molar refractivity (Wildman–Crippen MR) is 220 cm³/mol. The van der Waals surface area contributed by atoms with Gasteiger partial charge in [-0.25, -0.2) is 9.97 Å². The second-order valence-electron chi connectivity index (χ2n) is 13.9. The zero-order valence-electron chi connectivity index (χ0n) is 28.5. The quantitative estimate of drug-likeness (QED) is 0.175. The van der Waals surface area contributed by atoms with Crippen LogP contribution in [0.4, 0.5) is 0 Å². The van der Waals surface area contributed by atoms with Gasteiger partial charge >= 0.3 is 0 Å². The van der Waals surface area contributed by atoms with Gasteiger partial charge in [0.25, 0.3) is 0 Å². The highest BCUT2D eigenvalue weighted by Crippen LogP contribution is 2.38. The van der Waals surface area contributed by atoms with Crippen LogP contribution in [0.25, 0.3) is 105 Å². The third-order valence-corrected chi connectivity index (χ3v) is 11.0. The molecule has 8 aromatic carbocycles. The highest BCUT2D eigenvalue weighted by Gasteiger charge is 2.20. The Hall–Kier alpha value is -7.24. The van der Waals surface area contributed by atoms with E-state index in [0.29, 0.717) is 0 Å². The van der Waals surface area contributed by atoms with E-state index in [9.17, 15) is 0 Å². The molecule has 5 nitrogen and oxygen atoms in total. The Bertz CT molecular complexity index is 3420. The minimum absolute atomic E-state index is 0.844. The van der Waals surface area contributed by atoms with Gasteiger partial charge in [-0.3, -0.25) is 8.97 Å². The summed E-state index contributed by atoms with van der Waals surface area (Å²) in [5, 5.41) is 8.44. The summed E-state index contributed by atoms with van der Waals surface area (Å²) in [6.45, 7) is 0. The Morgan fingerprint density at radius 3 is 1.72 bits per heavy atom. The molecular formula is C48H29N5. The summed E-state index contributed by atoms with van der Waals surface area (Å²) in [7, 11) is 0. The van der Waals surface area contributed by atoms with Gasteiger partial charge in [-0.15, -0.1) is 0 Å². The fourth-order valence-electron chi connectivity index (χ4n) is 8.69. The van der Waals surface area contributed by atoms with E-state index in [1.54, 1.807) is 0 Å². The third kappa shape index (κ3) is 3.96. The number of nitrogens with zero attached hydrogens (tertiary/aromatic N) is 5. The Kier molecular flexibility index (Phi) is 5.71. The smallest absolute Gasteiger partial charge is 0.221 e. The molecule has 0 fully saturated rings. The van der Waals surface area contributed by atoms with Crippen molar-refractivity contribution >= 4 is 82.1 Å². The summed E-state index contributed by atoms with van der Waals surface area (Å²) in [6.07, 6.45) is 0. The number of pyridine rings is 1. The van der Waals surface area contributed by atoms with E-state index in [2.05, 4.69) is 189 Å². The van der Waals surface area contributed by atoms with Crippen LogP contribution in [0, 0.1) is 0 Å². The maximum atomic E-state index is 5.44. The van der Waals surface area contributed by atoms with Crippen molar-refractivity contribution in [3.8, 4) is 22.6 Å². The summed E-state index contributed by atoms with van der Waals surface area (Å²) in [4.78, 5) is 10.7. The lowest BCUT2D eigenvalue weighted by molar-refractivity contribution is 1.06. The summed E-state index contributed by atoms with van der Waals surface area (Å²) in [5.74, 6) is 1.69. The van der Waals surface area contributed by atoms with E-state index >= 15 is 0 Å². The van der Waals surface area contributed by atoms with Crippen molar-refractivity contribution in [3.63, 3.8) is 0 Å². The first-order valence-electron chi connectivity index (χ1n) is 18.0. The van der Waals surface area contributed by atoms with E-state index in [1.165, 1.54) is 43.5 Å². The summed E-state index contributed by atoms with van der Waals surface area (Å²) in [5.41, 5.74) is 11.0. The van der Waals surface area contributed by atoms with Crippen molar-refractivity contribution in [3.05, 3.63) is 176 Å². The second-order valence-corrected chi connectivity index (χ2v) is 13.9. The third-order valence-electron chi connectivity index (χ3n) is 11.0. The van der Waals surface area contributed by atoms with Crippen LogP contribution < -0.4 is 0 Å². The molecule has 0 unspecified atom stereocenters. The molecule has 4 heterocycles. The predicted octanol–water partition coefficient (Wildman–Crippen LogP) is 12.1. The molecule has 0 bridgehead atoms. The van der Waals surface area contributed by atoms with Gasteiger partial charge in [-0.2, -0.15) is 0 Å². The monoisotopic (exact) mass is 675 g/mol. The van der Waals surface area contributed by atoms with Crippen molar-refractivity contribution in [2.24, 2.45) is 0 Å². The van der Waals surface area contributed by atoms with Gasteiger partial charge < -0.3 is 4.57 Å². The average Bonchev–Trinajstić information content (AvgIpc) is 3.87. The van der Waals surface area contributed by atoms with Crippen molar-refractivity contribution in [2.45, 2.75) is 0 Å². The molecule has 0 aliphatic heterocycles. The molecular weight excluding hydrogens is 647 g/mol. The minimum atomic E-state index is 0.844. The first-order chi connectivity index (χ1) is 26.3. The molecule has 0 spiro atoms. The number of fused-ring (bicyclic) bond motifs is 14. The summed E-state index contributed by atoms with van der Waals surface area (Å²) >= 11 is 0. The molecule has 0 N–H and O–H groups in total. The Balaban J connectivity index is 1.11. The molecule has 0 atom stereocenters. The lowest BCUT2D eigenvalue weighted by Gasteiger charge is -2.12. The number of aromatic nitrogens is 5. The molecule has 0 aliphatic rings. The number of imidazole rings is 2. The van der Waals surface area contributed by atoms with Gasteiger partial charge in [-0.05, 0) is 94.0 Å². The second kappa shape index (κ2) is 10.6. The molecule has 12 aromatic rings. The number of rotatable bonds is 3. The van der Waals surface area contributed by atoms with Gasteiger partial charge in [0, 0.05) is 27.2 Å². The average molecular weight is 676 g/mol. The Morgan fingerprint density at radius 2 is 0.925 bits per heavy atom. The highest BCUT2D eigenvalue weighted by atomic mass is 15.2. The van der Waals surface area contributed by atoms with Gasteiger partial charge in [0.1, 0.15) is 5.82 Å². The number of hydrogen-bond acceptors (Lipinski definition) is 2. The topological polar surface area (TPSA) is 40.0 Å². The number of benzene rings is 8. The Morgan fingerprint density at radius 1 is 0.340 bits per heavy atom. The molecule has 246 valence electrons. The van der Waals surface area contributed by atoms with Crippen LogP contribution in [0.3, 0.4) is 0 Å². The molecule has 0 radical (unpaired) electrons. The van der Waals surface area contributed by atoms with E-state index in [0.717, 1.165) is 61.2 Å². The number of para-hydroxylation sites is 4. The van der Waals surface area contributed by atoms with Crippen LogP contribution in [0.15, 0.2) is 176 Å². The van der Waals surface area contributed by atoms with Crippen LogP contribution in [0.2, 0.25) is 0 Å². The standard InChI is InChI=1S/C48H29N5/c1-2-12-32(13-3-1)51-41-20-10-8-17-36(41)39-28-30(22-25-42(39)51)31-23-26-44-45(29-31)52-43-21-11-9-19-40(43)49-48(52)53(44)46-27-24-38-35-16-5-4-14-33(35)34-15-6-7-18-37(34)47(38)50-46/h1-29H. The molecule has 0 saturated carbocycles. The van der Waals surface area contributed by atoms with E-state index in [-0.39, 0.29) is 0 Å². The molecule has 12 rings (SSSR count). The lowest BCUT2D eigenvalue weighted by Crippen LogP contribution is -1.99. The van der Waals surface area contributed by atoms with E-state index < -0.39 is 0 Å². The van der Waals surface area contributed by atoms with Gasteiger partial charge in [0.05, 0.1) is 38.6 Å². The summed E-state index contributed by atoms with van der Waals surface area (Å²) < 4.78 is 6.87. The molecule has 0 saturated heterocycles. The van der Waals surface area contributed by atoms with E-state index in [1.807, 2.05) is 0 Å². The van der Waals surface area contributed by atoms with Crippen molar-refractivity contribution in [1.29, 1.82) is 0 Å². The SMILES string of the molecule is c1ccc(-n2c3ccccc3c3cc(-c4ccc5c(c4)n4c6ccccc6nc4n5-c4ccc5c6ccccc6c6ccccc6c5n4)ccc32)cc1. The normalized spacial score (nSPS) is 12.2. The minimum Gasteiger partial charge on any atom is -0.309 e. The molecule has 0 aliphatic carbocycles. The lowest BCUT2D eigenvalue weighted by atomic mass is 9.97. The van der Waals surface area contributed by atoms with Crippen LogP contribution in [-0.4, -0.2) is 23.5 Å². The fourth-order valence-corrected chi connectivity index (χ4v) is 8.69. The van der Waals surface area contributed by atoms with Crippen LogP contribution in [0.1, 0.15) is 0 Å². The number of hydrogen-bond donors (Lipinski definition) is 0. The van der Waals surface area contributed by atoms with Gasteiger partial charge in [0.15, 0.2) is 0 Å². The van der Waals surface area contributed by atoms with Crippen LogP contribution >= 0.6 is 0 Å². The van der Waals surface area contributed by atoms with Gasteiger partial charge in [-0.1, -0.05) is 109 Å². The first-order valence-corrected chi connectivity index (χ1v) is 18.0. The molecule has 4 aromatic heterocycles. The van der Waals surface area contributed by atoms with Gasteiger partial charge in [0.2, 0.25) is 5.78 Å². The van der Waals surface area contributed by atoms with Crippen molar-refractivity contribution < 1.29 is 0 Å². The zero-order chi connectivity index (χ0) is 34.6. The van der Waals surface area contributed by atoms with Crippen molar-refractivity contribution in [1.82, 2.24) is 23.5 Å².